The molecule has 0 unspecified atom stereocenters. The van der Waals surface area contributed by atoms with Crippen molar-refractivity contribution >= 4 is 38.2 Å². The molecule has 0 fully saturated rings. The van der Waals surface area contributed by atoms with Crippen molar-refractivity contribution < 1.29 is 44.7 Å². The lowest BCUT2D eigenvalue weighted by Crippen LogP contribution is -2.39. The molecule has 1 N–H and O–H groups in total. The van der Waals surface area contributed by atoms with Gasteiger partial charge in [-0.25, -0.2) is 18.6 Å². The van der Waals surface area contributed by atoms with Crippen LogP contribution in [0.15, 0.2) is 65.8 Å². The molecule has 0 radical (unpaired) electrons. The van der Waals surface area contributed by atoms with E-state index in [4.69, 9.17) is 4.74 Å². The molecule has 4 aromatic rings. The molecular weight excluding hydrogens is 625 g/mol. The molecule has 0 atom stereocenters. The van der Waals surface area contributed by atoms with Crippen molar-refractivity contribution in [2.75, 3.05) is 24.7 Å². The number of carbonyl (C=O) groups is 1. The summed E-state index contributed by atoms with van der Waals surface area (Å²) in [6.07, 6.45) is -0.542. The summed E-state index contributed by atoms with van der Waals surface area (Å²) < 4.78 is 101. The molecule has 0 saturated heterocycles. The molecule has 16 heteroatoms. The second-order valence-corrected chi connectivity index (χ2v) is 11.2. The Balaban J connectivity index is 1.72. The topological polar surface area (TPSA) is 135 Å². The maximum Gasteiger partial charge on any atom is 0.493 e. The lowest BCUT2D eigenvalue weighted by molar-refractivity contribution is -0.199. The molecule has 0 amide bonds. The third-order valence-corrected chi connectivity index (χ3v) is 8.34. The van der Waals surface area contributed by atoms with Crippen molar-refractivity contribution in [1.29, 1.82) is 5.26 Å². The van der Waals surface area contributed by atoms with E-state index >= 15 is 0 Å². The number of benzene rings is 2. The zero-order valence-electron chi connectivity index (χ0n) is 23.0. The first kappa shape index (κ1) is 31.3. The highest BCUT2D eigenvalue weighted by atomic mass is 32.2. The maximum atomic E-state index is 14.6. The van der Waals surface area contributed by atoms with Gasteiger partial charge in [-0.3, -0.25) is 4.98 Å². The first-order valence-electron chi connectivity index (χ1n) is 12.9. The van der Waals surface area contributed by atoms with E-state index in [1.165, 1.54) is 12.4 Å². The molecule has 232 valence electrons. The zero-order chi connectivity index (χ0) is 32.5. The number of halogens is 5. The lowest BCUT2D eigenvalue weighted by atomic mass is 9.91. The lowest BCUT2D eigenvalue weighted by Gasteiger charge is -2.24. The summed E-state index contributed by atoms with van der Waals surface area (Å²) in [5, 5.41) is 13.5. The van der Waals surface area contributed by atoms with E-state index in [9.17, 15) is 40.4 Å². The van der Waals surface area contributed by atoms with Crippen LogP contribution in [0.5, 0.6) is 5.88 Å². The highest BCUT2D eigenvalue weighted by Crippen LogP contribution is 2.38. The molecule has 10 nitrogen and oxygen atoms in total. The van der Waals surface area contributed by atoms with E-state index in [-0.39, 0.29) is 5.56 Å². The van der Waals surface area contributed by atoms with Crippen molar-refractivity contribution in [1.82, 2.24) is 15.3 Å². The Morgan fingerprint density at radius 3 is 2.42 bits per heavy atom. The monoisotopic (exact) mass is 645 g/mol. The van der Waals surface area contributed by atoms with Gasteiger partial charge in [0, 0.05) is 35.5 Å². The number of nitrogens with one attached hydrogen (secondary N) is 1. The Bertz CT molecular complexity index is 1990. The summed E-state index contributed by atoms with van der Waals surface area (Å²) in [7, 11) is -4.71. The van der Waals surface area contributed by atoms with Gasteiger partial charge >= 0.3 is 22.2 Å². The van der Waals surface area contributed by atoms with E-state index in [0.717, 1.165) is 24.8 Å². The molecular formula is C29H20F5N5O5S. The zero-order valence-corrected chi connectivity index (χ0v) is 23.8. The predicted octanol–water partition coefficient (Wildman–Crippen LogP) is 5.05. The Hall–Kier alpha value is -5.14. The minimum absolute atomic E-state index is 0.0672. The summed E-state index contributed by atoms with van der Waals surface area (Å²) in [6, 6.07) is 9.80. The van der Waals surface area contributed by atoms with E-state index in [1.807, 2.05) is 6.08 Å². The number of rotatable bonds is 7. The first-order valence-corrected chi connectivity index (χ1v) is 14.4. The van der Waals surface area contributed by atoms with Gasteiger partial charge in [0.2, 0.25) is 5.88 Å². The standard InChI is InChI=1S/C29H20F5N5O5S/c1-43-27-24(39(44-28(40)29(32,33)34)45(41,42)26-21(30)3-2-4-22(26)31)12-18(14-38-27)17-5-6-23-20(11-17)25(19(13-35)15-37-23)16-7-9-36-10-8-16/h2-7,11-12,14-15,36H,8-10H2,1H3. The Kier molecular flexibility index (Phi) is 8.41. The maximum absolute atomic E-state index is 14.6. The number of fused-ring (bicyclic) bond motifs is 1. The van der Waals surface area contributed by atoms with Gasteiger partial charge in [0.15, 0.2) is 10.6 Å². The summed E-state index contributed by atoms with van der Waals surface area (Å²) in [6.45, 7) is 1.23. The molecule has 2 aromatic carbocycles. The molecule has 0 spiro atoms. The second kappa shape index (κ2) is 12.1. The van der Waals surface area contributed by atoms with Crippen LogP contribution in [0.1, 0.15) is 17.5 Å². The van der Waals surface area contributed by atoms with Gasteiger partial charge < -0.3 is 14.9 Å². The molecule has 0 aliphatic carbocycles. The van der Waals surface area contributed by atoms with Crippen LogP contribution in [-0.2, 0) is 19.7 Å². The SMILES string of the molecule is COc1ncc(-c2ccc3ncc(C#N)c(C4=CCNCC4)c3c2)cc1N(OC(=O)C(F)(F)F)S(=O)(=O)c1c(F)cccc1F. The smallest absolute Gasteiger partial charge is 0.479 e. The number of sulfonamides is 1. The first-order chi connectivity index (χ1) is 21.4. The van der Waals surface area contributed by atoms with Crippen LogP contribution >= 0.6 is 0 Å². The van der Waals surface area contributed by atoms with Gasteiger partial charge in [-0.15, -0.1) is 0 Å². The molecule has 5 rings (SSSR count). The Morgan fingerprint density at radius 2 is 1.80 bits per heavy atom. The third kappa shape index (κ3) is 5.99. The fourth-order valence-corrected chi connectivity index (χ4v) is 6.06. The largest absolute Gasteiger partial charge is 0.493 e. The number of carbonyl (C=O) groups excluding carboxylic acids is 1. The van der Waals surface area contributed by atoms with Crippen molar-refractivity contribution in [2.45, 2.75) is 17.5 Å². The molecule has 1 aliphatic heterocycles. The van der Waals surface area contributed by atoms with Gasteiger partial charge in [0.05, 0.1) is 18.2 Å². The van der Waals surface area contributed by atoms with Crippen LogP contribution in [0.25, 0.3) is 27.6 Å². The molecule has 3 heterocycles. The van der Waals surface area contributed by atoms with Crippen LogP contribution in [0.4, 0.5) is 27.6 Å². The fraction of sp³-hybridized carbons (Fsp3) is 0.172. The van der Waals surface area contributed by atoms with Gasteiger partial charge in [-0.2, -0.15) is 26.9 Å². The molecule has 0 saturated carbocycles. The van der Waals surface area contributed by atoms with E-state index in [1.54, 1.807) is 18.2 Å². The highest BCUT2D eigenvalue weighted by molar-refractivity contribution is 7.92. The van der Waals surface area contributed by atoms with Crippen LogP contribution in [0.2, 0.25) is 0 Å². The Labute approximate surface area is 252 Å². The van der Waals surface area contributed by atoms with E-state index < -0.39 is 54.7 Å². The van der Waals surface area contributed by atoms with Crippen molar-refractivity contribution in [3.8, 4) is 23.1 Å². The molecule has 0 bridgehead atoms. The van der Waals surface area contributed by atoms with Crippen molar-refractivity contribution in [3.05, 3.63) is 83.7 Å². The summed E-state index contributed by atoms with van der Waals surface area (Å²) in [4.78, 5) is 22.7. The van der Waals surface area contributed by atoms with Gasteiger partial charge in [-0.05, 0) is 54.4 Å². The normalized spacial score (nSPS) is 13.6. The Morgan fingerprint density at radius 1 is 1.07 bits per heavy atom. The van der Waals surface area contributed by atoms with Gasteiger partial charge in [-0.1, -0.05) is 22.7 Å². The second-order valence-electron chi connectivity index (χ2n) is 9.49. The van der Waals surface area contributed by atoms with Crippen molar-refractivity contribution in [3.63, 3.8) is 0 Å². The number of aromatic nitrogens is 2. The number of hydrogen-bond acceptors (Lipinski definition) is 9. The van der Waals surface area contributed by atoms with Gasteiger partial charge in [0.1, 0.15) is 17.7 Å². The summed E-state index contributed by atoms with van der Waals surface area (Å²) in [5.74, 6) is -7.00. The van der Waals surface area contributed by atoms with Crippen LogP contribution < -0.4 is 14.5 Å². The summed E-state index contributed by atoms with van der Waals surface area (Å²) >= 11 is 0. The van der Waals surface area contributed by atoms with Crippen LogP contribution in [0, 0.1) is 23.0 Å². The average Bonchev–Trinajstić information content (AvgIpc) is 3.02. The third-order valence-electron chi connectivity index (χ3n) is 6.72. The van der Waals surface area contributed by atoms with E-state index in [0.29, 0.717) is 59.2 Å². The number of hydrogen-bond donors (Lipinski definition) is 1. The summed E-state index contributed by atoms with van der Waals surface area (Å²) in [5.41, 5.74) is 1.79. The van der Waals surface area contributed by atoms with Crippen molar-refractivity contribution in [2.24, 2.45) is 0 Å². The number of nitriles is 1. The minimum atomic E-state index is -5.71. The number of methoxy groups -OCH3 is 1. The molecule has 2 aromatic heterocycles. The number of anilines is 1. The fourth-order valence-electron chi connectivity index (χ4n) is 4.71. The quantitative estimate of drug-likeness (QED) is 0.217. The number of ether oxygens (including phenoxy) is 1. The minimum Gasteiger partial charge on any atom is -0.479 e. The van der Waals surface area contributed by atoms with Crippen LogP contribution in [-0.4, -0.2) is 50.7 Å². The number of nitrogens with zero attached hydrogens (tertiary/aromatic N) is 4. The average molecular weight is 646 g/mol. The highest BCUT2D eigenvalue weighted by Gasteiger charge is 2.46. The predicted molar refractivity (Wildman–Crippen MR) is 150 cm³/mol. The number of pyridine rings is 2. The molecule has 1 aliphatic rings. The molecule has 45 heavy (non-hydrogen) atoms. The van der Waals surface area contributed by atoms with Crippen LogP contribution in [0.3, 0.4) is 0 Å². The van der Waals surface area contributed by atoms with E-state index in [2.05, 4.69) is 26.2 Å². The van der Waals surface area contributed by atoms with Gasteiger partial charge in [0.25, 0.3) is 0 Å². The number of alkyl halides is 3.